The number of imide groups is 1. The topological polar surface area (TPSA) is 62.6 Å². The molecule has 0 aliphatic heterocycles. The molecule has 3 amide bonds. The number of urea groups is 1. The van der Waals surface area contributed by atoms with Crippen molar-refractivity contribution in [3.05, 3.63) is 35.9 Å². The van der Waals surface area contributed by atoms with Gasteiger partial charge < -0.3 is 10.2 Å². The van der Waals surface area contributed by atoms with Crippen LogP contribution in [0.5, 0.6) is 0 Å². The lowest BCUT2D eigenvalue weighted by Gasteiger charge is -2.17. The second-order valence-electron chi connectivity index (χ2n) is 5.93. The van der Waals surface area contributed by atoms with Crippen LogP contribution in [0.4, 0.5) is 4.79 Å². The van der Waals surface area contributed by atoms with Crippen molar-refractivity contribution < 1.29 is 14.5 Å². The highest BCUT2D eigenvalue weighted by molar-refractivity contribution is 5.94. The maximum Gasteiger partial charge on any atom is 0.321 e. The summed E-state index contributed by atoms with van der Waals surface area (Å²) in [6.45, 7) is 8.72. The second-order valence-corrected chi connectivity index (χ2v) is 5.93. The molecule has 0 bridgehead atoms. The summed E-state index contributed by atoms with van der Waals surface area (Å²) < 4.78 is 0. The SMILES string of the molecule is CC[NH+](CC(=O)NC(=O)NCCC(C)C)Cc1ccccc1. The van der Waals surface area contributed by atoms with Crippen molar-refractivity contribution in [1.82, 2.24) is 10.6 Å². The zero-order valence-corrected chi connectivity index (χ0v) is 13.8. The lowest BCUT2D eigenvalue weighted by molar-refractivity contribution is -0.904. The number of quaternary nitrogens is 1. The number of amides is 3. The zero-order valence-electron chi connectivity index (χ0n) is 13.8. The minimum atomic E-state index is -0.402. The summed E-state index contributed by atoms with van der Waals surface area (Å²) >= 11 is 0. The number of nitrogens with one attached hydrogen (secondary N) is 3. The summed E-state index contributed by atoms with van der Waals surface area (Å²) in [7, 11) is 0. The third-order valence-corrected chi connectivity index (χ3v) is 3.47. The van der Waals surface area contributed by atoms with Crippen LogP contribution < -0.4 is 15.5 Å². The van der Waals surface area contributed by atoms with E-state index in [1.807, 2.05) is 37.3 Å². The fourth-order valence-corrected chi connectivity index (χ4v) is 2.11. The van der Waals surface area contributed by atoms with E-state index >= 15 is 0 Å². The van der Waals surface area contributed by atoms with Crippen molar-refractivity contribution >= 4 is 11.9 Å². The third-order valence-electron chi connectivity index (χ3n) is 3.47. The van der Waals surface area contributed by atoms with Crippen LogP contribution in [0.1, 0.15) is 32.8 Å². The van der Waals surface area contributed by atoms with Gasteiger partial charge in [-0.2, -0.15) is 0 Å². The van der Waals surface area contributed by atoms with Crippen molar-refractivity contribution in [1.29, 1.82) is 0 Å². The highest BCUT2D eigenvalue weighted by Crippen LogP contribution is 1.96. The predicted octanol–water partition coefficient (Wildman–Crippen LogP) is 0.963. The maximum absolute atomic E-state index is 11.9. The van der Waals surface area contributed by atoms with E-state index in [1.165, 1.54) is 5.56 Å². The van der Waals surface area contributed by atoms with Gasteiger partial charge >= 0.3 is 6.03 Å². The van der Waals surface area contributed by atoms with Gasteiger partial charge in [0.1, 0.15) is 6.54 Å². The molecule has 0 saturated heterocycles. The van der Waals surface area contributed by atoms with E-state index in [0.29, 0.717) is 19.0 Å². The van der Waals surface area contributed by atoms with E-state index in [1.54, 1.807) is 0 Å². The Kier molecular flexibility index (Phi) is 8.22. The Morgan fingerprint density at radius 1 is 1.18 bits per heavy atom. The van der Waals surface area contributed by atoms with E-state index < -0.39 is 6.03 Å². The Bertz CT molecular complexity index is 460. The van der Waals surface area contributed by atoms with E-state index in [2.05, 4.69) is 24.5 Å². The van der Waals surface area contributed by atoms with Crippen LogP contribution >= 0.6 is 0 Å². The molecule has 122 valence electrons. The molecule has 3 N–H and O–H groups in total. The van der Waals surface area contributed by atoms with E-state index in [4.69, 9.17) is 0 Å². The fraction of sp³-hybridized carbons (Fsp3) is 0.529. The van der Waals surface area contributed by atoms with Crippen LogP contribution in [0.3, 0.4) is 0 Å². The van der Waals surface area contributed by atoms with Crippen LogP contribution in [0.15, 0.2) is 30.3 Å². The third kappa shape index (κ3) is 7.78. The highest BCUT2D eigenvalue weighted by Gasteiger charge is 2.15. The Labute approximate surface area is 133 Å². The quantitative estimate of drug-likeness (QED) is 0.670. The number of carbonyl (C=O) groups excluding carboxylic acids is 2. The summed E-state index contributed by atoms with van der Waals surface area (Å²) in [4.78, 5) is 24.7. The monoisotopic (exact) mass is 306 g/mol. The van der Waals surface area contributed by atoms with Crippen molar-refractivity contribution in [2.24, 2.45) is 5.92 Å². The van der Waals surface area contributed by atoms with Crippen molar-refractivity contribution in [2.45, 2.75) is 33.7 Å². The van der Waals surface area contributed by atoms with Crippen LogP contribution in [0.25, 0.3) is 0 Å². The normalized spacial score (nSPS) is 12.0. The van der Waals surface area contributed by atoms with Crippen LogP contribution in [-0.2, 0) is 11.3 Å². The van der Waals surface area contributed by atoms with Gasteiger partial charge in [0.25, 0.3) is 5.91 Å². The molecule has 0 heterocycles. The van der Waals surface area contributed by atoms with Crippen molar-refractivity contribution in [2.75, 3.05) is 19.6 Å². The van der Waals surface area contributed by atoms with Gasteiger partial charge in [-0.25, -0.2) is 4.79 Å². The Morgan fingerprint density at radius 3 is 2.45 bits per heavy atom. The van der Waals surface area contributed by atoms with E-state index in [9.17, 15) is 9.59 Å². The molecule has 0 spiro atoms. The van der Waals surface area contributed by atoms with Gasteiger partial charge in [0, 0.05) is 12.1 Å². The number of rotatable bonds is 8. The summed E-state index contributed by atoms with van der Waals surface area (Å²) in [5, 5.41) is 5.10. The minimum Gasteiger partial charge on any atom is -0.338 e. The lowest BCUT2D eigenvalue weighted by Crippen LogP contribution is -3.11. The zero-order chi connectivity index (χ0) is 16.4. The number of benzene rings is 1. The van der Waals surface area contributed by atoms with Crippen LogP contribution in [0.2, 0.25) is 0 Å². The molecule has 1 unspecified atom stereocenters. The van der Waals surface area contributed by atoms with E-state index in [0.717, 1.165) is 24.4 Å². The Balaban J connectivity index is 2.33. The van der Waals surface area contributed by atoms with Crippen molar-refractivity contribution in [3.63, 3.8) is 0 Å². The highest BCUT2D eigenvalue weighted by atomic mass is 16.2. The molecule has 1 aromatic carbocycles. The van der Waals surface area contributed by atoms with Crippen molar-refractivity contribution in [3.8, 4) is 0 Å². The van der Waals surface area contributed by atoms with Gasteiger partial charge in [-0.05, 0) is 19.3 Å². The molecule has 0 aromatic heterocycles. The first kappa shape index (κ1) is 18.2. The molecule has 22 heavy (non-hydrogen) atoms. The first-order valence-corrected chi connectivity index (χ1v) is 7.96. The first-order chi connectivity index (χ1) is 10.5. The summed E-state index contributed by atoms with van der Waals surface area (Å²) in [5.74, 6) is 0.289. The summed E-state index contributed by atoms with van der Waals surface area (Å²) in [5.41, 5.74) is 1.19. The summed E-state index contributed by atoms with van der Waals surface area (Å²) in [6, 6.07) is 9.65. The fourth-order valence-electron chi connectivity index (χ4n) is 2.11. The molecule has 0 radical (unpaired) electrons. The van der Waals surface area contributed by atoms with Gasteiger partial charge in [0.05, 0.1) is 6.54 Å². The van der Waals surface area contributed by atoms with Crippen LogP contribution in [0, 0.1) is 5.92 Å². The van der Waals surface area contributed by atoms with Gasteiger partial charge in [0.2, 0.25) is 0 Å². The second kappa shape index (κ2) is 9.95. The molecule has 1 atom stereocenters. The molecular formula is C17H28N3O2+. The Morgan fingerprint density at radius 2 is 1.86 bits per heavy atom. The van der Waals surface area contributed by atoms with Gasteiger partial charge in [-0.15, -0.1) is 0 Å². The molecule has 5 nitrogen and oxygen atoms in total. The lowest BCUT2D eigenvalue weighted by atomic mass is 10.1. The average molecular weight is 306 g/mol. The van der Waals surface area contributed by atoms with Gasteiger partial charge in [0.15, 0.2) is 6.54 Å². The molecule has 0 aliphatic carbocycles. The largest absolute Gasteiger partial charge is 0.338 e. The Hall–Kier alpha value is -1.88. The maximum atomic E-state index is 11.9. The average Bonchev–Trinajstić information content (AvgIpc) is 2.47. The molecule has 0 fully saturated rings. The molecule has 5 heteroatoms. The van der Waals surface area contributed by atoms with Gasteiger partial charge in [-0.3, -0.25) is 10.1 Å². The molecule has 1 aromatic rings. The summed E-state index contributed by atoms with van der Waals surface area (Å²) in [6.07, 6.45) is 0.905. The standard InChI is InChI=1S/C17H27N3O2/c1-4-20(12-15-8-6-5-7-9-15)13-16(21)19-17(22)18-11-10-14(2)3/h5-9,14H,4,10-13H2,1-3H3,(H2,18,19,21,22)/p+1. The number of likely N-dealkylation sites (N-methyl/N-ethyl adjacent to an activating group) is 1. The molecular weight excluding hydrogens is 278 g/mol. The molecule has 0 aliphatic rings. The molecule has 0 saturated carbocycles. The first-order valence-electron chi connectivity index (χ1n) is 7.96. The van der Waals surface area contributed by atoms with E-state index in [-0.39, 0.29) is 5.91 Å². The number of hydrogen-bond acceptors (Lipinski definition) is 2. The smallest absolute Gasteiger partial charge is 0.321 e. The predicted molar refractivity (Wildman–Crippen MR) is 87.5 cm³/mol. The minimum absolute atomic E-state index is 0.241. The van der Waals surface area contributed by atoms with Gasteiger partial charge in [-0.1, -0.05) is 44.2 Å². The number of hydrogen-bond donors (Lipinski definition) is 3. The number of carbonyl (C=O) groups is 2. The van der Waals surface area contributed by atoms with Crippen LogP contribution in [-0.4, -0.2) is 31.6 Å². The molecule has 1 rings (SSSR count).